The number of aromatic nitrogens is 2. The van der Waals surface area contributed by atoms with Crippen molar-refractivity contribution in [3.8, 4) is 5.75 Å². The van der Waals surface area contributed by atoms with Crippen LogP contribution in [-0.4, -0.2) is 29.3 Å². The van der Waals surface area contributed by atoms with Gasteiger partial charge in [-0.25, -0.2) is 0 Å². The molecule has 112 valence electrons. The predicted molar refractivity (Wildman–Crippen MR) is 72.2 cm³/mol. The van der Waals surface area contributed by atoms with Crippen molar-refractivity contribution in [2.24, 2.45) is 7.05 Å². The van der Waals surface area contributed by atoms with Crippen LogP contribution in [0.5, 0.6) is 5.75 Å². The van der Waals surface area contributed by atoms with E-state index in [1.54, 1.807) is 42.7 Å². The van der Waals surface area contributed by atoms with Gasteiger partial charge in [0.15, 0.2) is 0 Å². The molecular weight excluding hydrogens is 280 g/mol. The third-order valence-corrected chi connectivity index (χ3v) is 3.12. The van der Waals surface area contributed by atoms with Crippen LogP contribution in [0.4, 0.5) is 8.78 Å². The molecule has 5 nitrogen and oxygen atoms in total. The summed E-state index contributed by atoms with van der Waals surface area (Å²) < 4.78 is 31.4. The Balaban J connectivity index is 2.39. The Labute approximate surface area is 120 Å². The second kappa shape index (κ2) is 6.34. The van der Waals surface area contributed by atoms with Gasteiger partial charge < -0.3 is 4.74 Å². The fraction of sp³-hybridized carbons (Fsp3) is 0.286. The van der Waals surface area contributed by atoms with E-state index in [9.17, 15) is 13.6 Å². The molecule has 0 fully saturated rings. The minimum absolute atomic E-state index is 0.526. The summed E-state index contributed by atoms with van der Waals surface area (Å²) >= 11 is 0. The van der Waals surface area contributed by atoms with E-state index in [0.29, 0.717) is 17.0 Å². The highest BCUT2D eigenvalue weighted by atomic mass is 19.3. The number of amides is 1. The minimum Gasteiger partial charge on any atom is -0.497 e. The molecule has 1 aromatic heterocycles. The van der Waals surface area contributed by atoms with E-state index in [0.717, 1.165) is 0 Å². The molecule has 1 N–H and O–H groups in total. The number of nitrogens with zero attached hydrogens (tertiary/aromatic N) is 2. The van der Waals surface area contributed by atoms with Crippen LogP contribution in [0.1, 0.15) is 17.2 Å². The topological polar surface area (TPSA) is 56.1 Å². The molecule has 2 rings (SSSR count). The van der Waals surface area contributed by atoms with Gasteiger partial charge in [-0.3, -0.25) is 14.8 Å². The Kier molecular flexibility index (Phi) is 4.52. The summed E-state index contributed by atoms with van der Waals surface area (Å²) in [6.45, 7) is -2.91. The van der Waals surface area contributed by atoms with Crippen molar-refractivity contribution in [2.75, 3.05) is 7.11 Å². The van der Waals surface area contributed by atoms with Crippen molar-refractivity contribution in [2.45, 2.75) is 12.5 Å². The minimum atomic E-state index is -2.91. The molecule has 2 aromatic rings. The number of alkyl halides is 2. The van der Waals surface area contributed by atoms with Gasteiger partial charge >= 0.3 is 6.55 Å². The van der Waals surface area contributed by atoms with Crippen molar-refractivity contribution in [3.05, 3.63) is 47.8 Å². The maximum absolute atomic E-state index is 12.4. The van der Waals surface area contributed by atoms with E-state index in [1.807, 2.05) is 0 Å². The highest BCUT2D eigenvalue weighted by molar-refractivity contribution is 5.86. The van der Waals surface area contributed by atoms with Crippen LogP contribution in [0.3, 0.4) is 0 Å². The number of aryl methyl sites for hydroxylation is 1. The van der Waals surface area contributed by atoms with Crippen molar-refractivity contribution < 1.29 is 18.3 Å². The SMILES string of the molecule is COc1ccc(C(C(=O)NC(F)F)c2ccnn2C)cc1. The summed E-state index contributed by atoms with van der Waals surface area (Å²) in [4.78, 5) is 12.1. The van der Waals surface area contributed by atoms with Gasteiger partial charge in [0.2, 0.25) is 5.91 Å². The van der Waals surface area contributed by atoms with Gasteiger partial charge in [0.1, 0.15) is 11.7 Å². The molecule has 0 saturated heterocycles. The summed E-state index contributed by atoms with van der Waals surface area (Å²) in [5.74, 6) is -1.02. The lowest BCUT2D eigenvalue weighted by atomic mass is 9.94. The standard InChI is InChI=1S/C14H15F2N3O2/c1-19-11(7-8-17-19)12(13(20)18-14(15)16)9-3-5-10(21-2)6-4-9/h3-8,12,14H,1-2H3,(H,18,20). The normalized spacial score (nSPS) is 12.2. The predicted octanol–water partition coefficient (Wildman–Crippen LogP) is 1.90. The van der Waals surface area contributed by atoms with Crippen molar-refractivity contribution in [1.29, 1.82) is 0 Å². The highest BCUT2D eigenvalue weighted by Crippen LogP contribution is 2.26. The second-order valence-corrected chi connectivity index (χ2v) is 4.40. The summed E-state index contributed by atoms with van der Waals surface area (Å²) in [5, 5.41) is 5.62. The van der Waals surface area contributed by atoms with Crippen LogP contribution < -0.4 is 10.1 Å². The van der Waals surface area contributed by atoms with Crippen LogP contribution in [0.2, 0.25) is 0 Å². The Hall–Kier alpha value is -2.44. The number of hydrogen-bond acceptors (Lipinski definition) is 3. The first kappa shape index (κ1) is 15.0. The first-order valence-electron chi connectivity index (χ1n) is 6.23. The third-order valence-electron chi connectivity index (χ3n) is 3.12. The second-order valence-electron chi connectivity index (χ2n) is 4.40. The summed E-state index contributed by atoms with van der Waals surface area (Å²) in [7, 11) is 3.18. The van der Waals surface area contributed by atoms with E-state index in [4.69, 9.17) is 4.74 Å². The lowest BCUT2D eigenvalue weighted by Gasteiger charge is -2.17. The molecule has 1 unspecified atom stereocenters. The first-order valence-corrected chi connectivity index (χ1v) is 6.23. The Morgan fingerprint density at radius 3 is 2.43 bits per heavy atom. The number of ether oxygens (including phenoxy) is 1. The zero-order valence-corrected chi connectivity index (χ0v) is 11.6. The number of carbonyl (C=O) groups excluding carboxylic acids is 1. The molecule has 0 aliphatic rings. The largest absolute Gasteiger partial charge is 0.497 e. The maximum Gasteiger partial charge on any atom is 0.315 e. The van der Waals surface area contributed by atoms with Crippen LogP contribution in [0.15, 0.2) is 36.5 Å². The van der Waals surface area contributed by atoms with Gasteiger partial charge in [-0.05, 0) is 23.8 Å². The molecule has 1 heterocycles. The van der Waals surface area contributed by atoms with E-state index >= 15 is 0 Å². The van der Waals surface area contributed by atoms with Crippen molar-refractivity contribution in [1.82, 2.24) is 15.1 Å². The van der Waals surface area contributed by atoms with Gasteiger partial charge in [0, 0.05) is 13.2 Å². The zero-order valence-electron chi connectivity index (χ0n) is 11.6. The van der Waals surface area contributed by atoms with Crippen LogP contribution in [0.25, 0.3) is 0 Å². The number of halogens is 2. The Bertz CT molecular complexity index is 611. The molecule has 1 atom stereocenters. The quantitative estimate of drug-likeness (QED) is 0.857. The molecule has 0 aliphatic heterocycles. The number of benzene rings is 1. The molecule has 21 heavy (non-hydrogen) atoms. The number of hydrogen-bond donors (Lipinski definition) is 1. The maximum atomic E-state index is 12.4. The van der Waals surface area contributed by atoms with Crippen LogP contribution in [0, 0.1) is 0 Å². The van der Waals surface area contributed by atoms with Crippen molar-refractivity contribution >= 4 is 5.91 Å². The number of nitrogens with one attached hydrogen (secondary N) is 1. The smallest absolute Gasteiger partial charge is 0.315 e. The average molecular weight is 295 g/mol. The summed E-state index contributed by atoms with van der Waals surface area (Å²) in [6, 6.07) is 8.31. The monoisotopic (exact) mass is 295 g/mol. The van der Waals surface area contributed by atoms with Gasteiger partial charge in [-0.2, -0.15) is 13.9 Å². The molecule has 1 amide bonds. The van der Waals surface area contributed by atoms with Gasteiger partial charge in [-0.15, -0.1) is 0 Å². The van der Waals surface area contributed by atoms with Crippen LogP contribution >= 0.6 is 0 Å². The molecule has 0 aliphatic carbocycles. The highest BCUT2D eigenvalue weighted by Gasteiger charge is 2.27. The van der Waals surface area contributed by atoms with E-state index in [1.165, 1.54) is 18.0 Å². The molecule has 7 heteroatoms. The lowest BCUT2D eigenvalue weighted by molar-refractivity contribution is -0.125. The molecule has 0 saturated carbocycles. The van der Waals surface area contributed by atoms with Gasteiger partial charge in [-0.1, -0.05) is 12.1 Å². The number of rotatable bonds is 5. The fourth-order valence-electron chi connectivity index (χ4n) is 2.11. The van der Waals surface area contributed by atoms with E-state index in [-0.39, 0.29) is 0 Å². The third kappa shape index (κ3) is 3.36. The van der Waals surface area contributed by atoms with E-state index < -0.39 is 18.4 Å². The van der Waals surface area contributed by atoms with Gasteiger partial charge in [0.05, 0.1) is 12.8 Å². The Morgan fingerprint density at radius 1 is 1.29 bits per heavy atom. The lowest BCUT2D eigenvalue weighted by Crippen LogP contribution is -2.34. The fourth-order valence-corrected chi connectivity index (χ4v) is 2.11. The van der Waals surface area contributed by atoms with Crippen LogP contribution in [-0.2, 0) is 11.8 Å². The molecule has 1 aromatic carbocycles. The van der Waals surface area contributed by atoms with Crippen molar-refractivity contribution in [3.63, 3.8) is 0 Å². The zero-order chi connectivity index (χ0) is 15.4. The molecular formula is C14H15F2N3O2. The average Bonchev–Trinajstić information content (AvgIpc) is 2.85. The first-order chi connectivity index (χ1) is 10.0. The Morgan fingerprint density at radius 2 is 1.95 bits per heavy atom. The number of carbonyl (C=O) groups is 1. The molecule has 0 radical (unpaired) electrons. The summed E-state index contributed by atoms with van der Waals surface area (Å²) in [5.41, 5.74) is 1.11. The summed E-state index contributed by atoms with van der Waals surface area (Å²) in [6.07, 6.45) is 1.52. The molecule has 0 bridgehead atoms. The van der Waals surface area contributed by atoms with E-state index in [2.05, 4.69) is 5.10 Å². The molecule has 0 spiro atoms. The number of methoxy groups -OCH3 is 1. The van der Waals surface area contributed by atoms with Gasteiger partial charge in [0.25, 0.3) is 0 Å².